The zero-order chi connectivity index (χ0) is 15.7. The first-order valence-electron chi connectivity index (χ1n) is 6.88. The highest BCUT2D eigenvalue weighted by Crippen LogP contribution is 2.19. The summed E-state index contributed by atoms with van der Waals surface area (Å²) in [5.41, 5.74) is 0.0551. The van der Waals surface area contributed by atoms with Gasteiger partial charge < -0.3 is 5.32 Å². The molecule has 3 aromatic rings. The summed E-state index contributed by atoms with van der Waals surface area (Å²) in [6, 6.07) is 10.8. The van der Waals surface area contributed by atoms with Gasteiger partial charge in [0.15, 0.2) is 5.69 Å². The number of carbonyl (C=O) groups excluding carboxylic acids is 1. The van der Waals surface area contributed by atoms with Crippen molar-refractivity contribution >= 4 is 28.0 Å². The maximum Gasteiger partial charge on any atom is 0.274 e. The lowest BCUT2D eigenvalue weighted by atomic mass is 10.1. The molecule has 0 unspecified atom stereocenters. The van der Waals surface area contributed by atoms with Crippen molar-refractivity contribution in [3.63, 3.8) is 0 Å². The standard InChI is InChI=1S/C16H15N3O2S/c1-10(13-8-5-9-22-13)17-15(20)14-11-6-3-4-7-12(11)16(21)19(2)18-14/h3-10H,1-2H3,(H,17,20)/t10-/m0/s1. The Hall–Kier alpha value is -2.47. The van der Waals surface area contributed by atoms with Gasteiger partial charge in [-0.3, -0.25) is 9.59 Å². The van der Waals surface area contributed by atoms with Gasteiger partial charge in [-0.15, -0.1) is 11.3 Å². The van der Waals surface area contributed by atoms with Gasteiger partial charge in [0.2, 0.25) is 0 Å². The average molecular weight is 313 g/mol. The van der Waals surface area contributed by atoms with Crippen molar-refractivity contribution in [1.82, 2.24) is 15.1 Å². The highest BCUT2D eigenvalue weighted by molar-refractivity contribution is 7.10. The molecule has 1 N–H and O–H groups in total. The van der Waals surface area contributed by atoms with E-state index in [0.29, 0.717) is 10.8 Å². The van der Waals surface area contributed by atoms with E-state index < -0.39 is 0 Å². The Morgan fingerprint density at radius 1 is 1.23 bits per heavy atom. The van der Waals surface area contributed by atoms with Crippen LogP contribution in [0, 0.1) is 0 Å². The number of thiophene rings is 1. The van der Waals surface area contributed by atoms with Crippen LogP contribution in [0.25, 0.3) is 10.8 Å². The fraction of sp³-hybridized carbons (Fsp3) is 0.188. The van der Waals surface area contributed by atoms with Gasteiger partial charge in [0.05, 0.1) is 11.4 Å². The third-order valence-corrected chi connectivity index (χ3v) is 4.54. The Kier molecular flexibility index (Phi) is 3.77. The van der Waals surface area contributed by atoms with Gasteiger partial charge in [0.1, 0.15) is 0 Å². The number of rotatable bonds is 3. The Labute approximate surface area is 131 Å². The number of carbonyl (C=O) groups is 1. The lowest BCUT2D eigenvalue weighted by Gasteiger charge is -2.13. The molecule has 112 valence electrons. The topological polar surface area (TPSA) is 64.0 Å². The largest absolute Gasteiger partial charge is 0.343 e. The first kappa shape index (κ1) is 14.5. The van der Waals surface area contributed by atoms with Crippen molar-refractivity contribution < 1.29 is 4.79 Å². The molecule has 1 amide bonds. The Balaban J connectivity index is 2.01. The van der Waals surface area contributed by atoms with Crippen molar-refractivity contribution in [1.29, 1.82) is 0 Å². The van der Waals surface area contributed by atoms with Crippen LogP contribution in [0.2, 0.25) is 0 Å². The van der Waals surface area contributed by atoms with Crippen LogP contribution in [0.5, 0.6) is 0 Å². The van der Waals surface area contributed by atoms with Crippen LogP contribution in [-0.4, -0.2) is 15.7 Å². The summed E-state index contributed by atoms with van der Waals surface area (Å²) < 4.78 is 1.20. The van der Waals surface area contributed by atoms with E-state index in [1.807, 2.05) is 24.4 Å². The lowest BCUT2D eigenvalue weighted by Crippen LogP contribution is -2.30. The molecule has 0 aliphatic carbocycles. The van der Waals surface area contributed by atoms with Gasteiger partial charge >= 0.3 is 0 Å². The third kappa shape index (κ3) is 2.53. The molecular formula is C16H15N3O2S. The second-order valence-corrected chi connectivity index (χ2v) is 6.01. The summed E-state index contributed by atoms with van der Waals surface area (Å²) >= 11 is 1.59. The molecule has 0 aliphatic heterocycles. The molecule has 0 radical (unpaired) electrons. The molecule has 5 nitrogen and oxygen atoms in total. The van der Waals surface area contributed by atoms with Crippen molar-refractivity contribution in [3.05, 3.63) is 62.7 Å². The molecule has 1 aromatic carbocycles. The van der Waals surface area contributed by atoms with E-state index in [2.05, 4.69) is 10.4 Å². The zero-order valence-electron chi connectivity index (χ0n) is 12.2. The quantitative estimate of drug-likeness (QED) is 0.808. The predicted molar refractivity (Wildman–Crippen MR) is 87.2 cm³/mol. The lowest BCUT2D eigenvalue weighted by molar-refractivity contribution is 0.0935. The van der Waals surface area contributed by atoms with E-state index in [0.717, 1.165) is 4.88 Å². The number of amides is 1. The van der Waals surface area contributed by atoms with E-state index in [4.69, 9.17) is 0 Å². The maximum absolute atomic E-state index is 12.5. The van der Waals surface area contributed by atoms with Crippen LogP contribution >= 0.6 is 11.3 Å². The van der Waals surface area contributed by atoms with E-state index in [-0.39, 0.29) is 23.2 Å². The number of fused-ring (bicyclic) bond motifs is 1. The van der Waals surface area contributed by atoms with Gasteiger partial charge in [-0.05, 0) is 24.4 Å². The summed E-state index contributed by atoms with van der Waals surface area (Å²) in [5, 5.41) is 10.1. The minimum absolute atomic E-state index is 0.106. The second-order valence-electron chi connectivity index (χ2n) is 5.03. The Morgan fingerprint density at radius 3 is 2.64 bits per heavy atom. The minimum Gasteiger partial charge on any atom is -0.343 e. The molecule has 2 aromatic heterocycles. The molecule has 3 rings (SSSR count). The van der Waals surface area contributed by atoms with Crippen molar-refractivity contribution in [2.24, 2.45) is 7.05 Å². The number of aromatic nitrogens is 2. The van der Waals surface area contributed by atoms with E-state index in [1.54, 1.807) is 42.6 Å². The molecule has 0 spiro atoms. The molecule has 0 saturated heterocycles. The number of benzene rings is 1. The van der Waals surface area contributed by atoms with E-state index in [9.17, 15) is 9.59 Å². The number of hydrogen-bond acceptors (Lipinski definition) is 4. The average Bonchev–Trinajstić information content (AvgIpc) is 3.05. The van der Waals surface area contributed by atoms with Crippen LogP contribution in [0.1, 0.15) is 28.3 Å². The fourth-order valence-corrected chi connectivity index (χ4v) is 3.08. The molecule has 0 saturated carbocycles. The van der Waals surface area contributed by atoms with E-state index in [1.165, 1.54) is 4.68 Å². The van der Waals surface area contributed by atoms with E-state index >= 15 is 0 Å². The predicted octanol–water partition coefficient (Wildman–Crippen LogP) is 2.49. The van der Waals surface area contributed by atoms with Crippen LogP contribution < -0.4 is 10.9 Å². The number of nitrogens with one attached hydrogen (secondary N) is 1. The van der Waals surface area contributed by atoms with Crippen molar-refractivity contribution in [3.8, 4) is 0 Å². The third-order valence-electron chi connectivity index (χ3n) is 3.49. The molecule has 0 bridgehead atoms. The number of nitrogens with zero attached hydrogens (tertiary/aromatic N) is 2. The molecule has 6 heteroatoms. The molecule has 22 heavy (non-hydrogen) atoms. The molecule has 0 fully saturated rings. The highest BCUT2D eigenvalue weighted by Gasteiger charge is 2.18. The smallest absolute Gasteiger partial charge is 0.274 e. The first-order chi connectivity index (χ1) is 10.6. The number of aryl methyl sites for hydroxylation is 1. The second kappa shape index (κ2) is 5.73. The normalized spacial score (nSPS) is 12.3. The van der Waals surface area contributed by atoms with Crippen LogP contribution in [0.4, 0.5) is 0 Å². The van der Waals surface area contributed by atoms with Crippen molar-refractivity contribution in [2.45, 2.75) is 13.0 Å². The summed E-state index contributed by atoms with van der Waals surface area (Å²) in [4.78, 5) is 25.7. The number of hydrogen-bond donors (Lipinski definition) is 1. The molecule has 2 heterocycles. The monoisotopic (exact) mass is 313 g/mol. The maximum atomic E-state index is 12.5. The molecule has 1 atom stereocenters. The Morgan fingerprint density at radius 2 is 1.95 bits per heavy atom. The molecule has 0 aliphatic rings. The summed E-state index contributed by atoms with van der Waals surface area (Å²) in [5.74, 6) is -0.285. The first-order valence-corrected chi connectivity index (χ1v) is 7.76. The van der Waals surface area contributed by atoms with Crippen LogP contribution in [0.15, 0.2) is 46.6 Å². The van der Waals surface area contributed by atoms with Crippen LogP contribution in [0.3, 0.4) is 0 Å². The molecular weight excluding hydrogens is 298 g/mol. The highest BCUT2D eigenvalue weighted by atomic mass is 32.1. The van der Waals surface area contributed by atoms with Gasteiger partial charge in [-0.25, -0.2) is 4.68 Å². The zero-order valence-corrected chi connectivity index (χ0v) is 13.1. The van der Waals surface area contributed by atoms with Gasteiger partial charge in [0, 0.05) is 17.3 Å². The summed E-state index contributed by atoms with van der Waals surface area (Å²) in [7, 11) is 1.55. The Bertz CT molecular complexity index is 884. The van der Waals surface area contributed by atoms with Gasteiger partial charge in [-0.1, -0.05) is 24.3 Å². The van der Waals surface area contributed by atoms with Crippen LogP contribution in [-0.2, 0) is 7.05 Å². The summed E-state index contributed by atoms with van der Waals surface area (Å²) in [6.07, 6.45) is 0. The minimum atomic E-state index is -0.285. The fourth-order valence-electron chi connectivity index (χ4n) is 2.34. The summed E-state index contributed by atoms with van der Waals surface area (Å²) in [6.45, 7) is 1.92. The van der Waals surface area contributed by atoms with Crippen molar-refractivity contribution in [2.75, 3.05) is 0 Å². The van der Waals surface area contributed by atoms with Gasteiger partial charge in [-0.2, -0.15) is 5.10 Å². The SMILES string of the molecule is C[C@H](NC(=O)c1nn(C)c(=O)c2ccccc12)c1cccs1. The van der Waals surface area contributed by atoms with Gasteiger partial charge in [0.25, 0.3) is 11.5 Å².